The van der Waals surface area contributed by atoms with Crippen LogP contribution in [0.1, 0.15) is 32.6 Å². The molecule has 1 unspecified atom stereocenters. The van der Waals surface area contributed by atoms with Crippen LogP contribution in [0.2, 0.25) is 0 Å². The number of esters is 1. The van der Waals surface area contributed by atoms with Crippen molar-refractivity contribution < 1.29 is 40.0 Å². The number of carbonyl (C=O) groups excluding carboxylic acids is 1. The molecule has 1 atom stereocenters. The fraction of sp³-hybridized carbons (Fsp3) is 0.174. The van der Waals surface area contributed by atoms with Gasteiger partial charge in [0.1, 0.15) is 5.56 Å². The smallest absolute Gasteiger partial charge is 0.439 e. The molecule has 34 heavy (non-hydrogen) atoms. The van der Waals surface area contributed by atoms with E-state index in [2.05, 4.69) is 4.18 Å². The Morgan fingerprint density at radius 3 is 2.18 bits per heavy atom. The summed E-state index contributed by atoms with van der Waals surface area (Å²) < 4.78 is 79.6. The van der Waals surface area contributed by atoms with Gasteiger partial charge in [-0.1, -0.05) is 54.6 Å². The predicted octanol–water partition coefficient (Wildman–Crippen LogP) is 5.59. The van der Waals surface area contributed by atoms with Crippen molar-refractivity contribution in [1.82, 2.24) is 0 Å². The summed E-state index contributed by atoms with van der Waals surface area (Å²) in [5.41, 5.74) is -4.17. The number of benzene rings is 3. The fourth-order valence-electron chi connectivity index (χ4n) is 3.64. The fourth-order valence-corrected chi connectivity index (χ4v) is 5.09. The average Bonchev–Trinajstić information content (AvgIpc) is 2.76. The van der Waals surface area contributed by atoms with Crippen LogP contribution < -0.4 is 8.92 Å². The number of rotatable bonds is 4. The van der Waals surface area contributed by atoms with Crippen LogP contribution in [0.25, 0.3) is 0 Å². The Morgan fingerprint density at radius 2 is 1.56 bits per heavy atom. The van der Waals surface area contributed by atoms with Gasteiger partial charge in [0, 0.05) is 11.1 Å². The second kappa shape index (κ2) is 8.45. The van der Waals surface area contributed by atoms with E-state index < -0.39 is 38.9 Å². The van der Waals surface area contributed by atoms with Gasteiger partial charge in [-0.05, 0) is 53.6 Å². The van der Waals surface area contributed by atoms with Gasteiger partial charge < -0.3 is 13.7 Å². The molecule has 0 aliphatic carbocycles. The minimum Gasteiger partial charge on any atom is -0.439 e. The molecule has 11 heteroatoms. The van der Waals surface area contributed by atoms with Crippen molar-refractivity contribution in [2.45, 2.75) is 25.1 Å². The predicted molar refractivity (Wildman–Crippen MR) is 124 cm³/mol. The maximum absolute atomic E-state index is 13.3. The van der Waals surface area contributed by atoms with Gasteiger partial charge in [0.2, 0.25) is 0 Å². The molecule has 0 aromatic heterocycles. The van der Waals surface area contributed by atoms with Crippen LogP contribution in [0.5, 0.6) is 11.5 Å². The van der Waals surface area contributed by atoms with E-state index in [9.17, 15) is 26.4 Å². The van der Waals surface area contributed by atoms with Gasteiger partial charge in [0.25, 0.3) is 0 Å². The molecule has 4 rings (SSSR count). The molecule has 0 saturated heterocycles. The van der Waals surface area contributed by atoms with Crippen LogP contribution in [0, 0.1) is 17.4 Å². The molecule has 178 valence electrons. The number of cyclic esters (lactones) is 1. The maximum Gasteiger partial charge on any atom is 0.534 e. The van der Waals surface area contributed by atoms with Gasteiger partial charge >= 0.3 is 27.4 Å². The van der Waals surface area contributed by atoms with Gasteiger partial charge in [-0.25, -0.2) is 4.79 Å². The third-order valence-electron chi connectivity index (χ3n) is 5.20. The second-order valence-electron chi connectivity index (χ2n) is 7.48. The van der Waals surface area contributed by atoms with E-state index >= 15 is 0 Å². The first-order valence-corrected chi connectivity index (χ1v) is 12.2. The summed E-state index contributed by atoms with van der Waals surface area (Å²) in [5.74, 6) is -4.02. The van der Waals surface area contributed by atoms with Crippen LogP contribution in [-0.4, -0.2) is 19.9 Å². The highest BCUT2D eigenvalue weighted by Crippen LogP contribution is 2.50. The molecule has 1 heterocycles. The quantitative estimate of drug-likeness (QED) is 0.167. The van der Waals surface area contributed by atoms with Crippen molar-refractivity contribution in [1.29, 1.82) is 0 Å². The molecule has 0 N–H and O–H groups in total. The standard InChI is InChI=1S/C23H16F3IO6S/c1-13-8-6-7-11-16(13)22(15-9-4-3-5-10-15)31-20-18(21(28)32-22)14(2)12-17(27)19(20)33-34(29,30)23(24,25)26/h3-12H,1-2H3. The summed E-state index contributed by atoms with van der Waals surface area (Å²) in [6.45, 7) is 3.27. The molecule has 3 aromatic rings. The van der Waals surface area contributed by atoms with E-state index in [1.807, 2.05) is 0 Å². The van der Waals surface area contributed by atoms with E-state index in [1.54, 1.807) is 84.1 Å². The molecule has 1 aliphatic rings. The van der Waals surface area contributed by atoms with Gasteiger partial charge in [-0.15, -0.1) is 0 Å². The van der Waals surface area contributed by atoms with Crippen molar-refractivity contribution in [3.8, 4) is 11.5 Å². The van der Waals surface area contributed by atoms with E-state index in [-0.39, 0.29) is 9.13 Å². The topological polar surface area (TPSA) is 78.9 Å². The van der Waals surface area contributed by atoms with Gasteiger partial charge in [-0.3, -0.25) is 0 Å². The zero-order chi connectivity index (χ0) is 24.9. The largest absolute Gasteiger partial charge is 0.534 e. The van der Waals surface area contributed by atoms with Crippen molar-refractivity contribution in [3.63, 3.8) is 0 Å². The third-order valence-corrected chi connectivity index (χ3v) is 6.96. The Balaban J connectivity index is 2.02. The Bertz CT molecular complexity index is 1390. The molecule has 0 spiro atoms. The van der Waals surface area contributed by atoms with Crippen molar-refractivity contribution >= 4 is 38.7 Å². The molecule has 0 amide bonds. The van der Waals surface area contributed by atoms with Crippen LogP contribution in [-0.2, 0) is 20.6 Å². The lowest BCUT2D eigenvalue weighted by Gasteiger charge is -2.39. The monoisotopic (exact) mass is 604 g/mol. The first kappa shape index (κ1) is 24.3. The zero-order valence-corrected chi connectivity index (χ0v) is 20.6. The van der Waals surface area contributed by atoms with Crippen LogP contribution in [0.3, 0.4) is 0 Å². The van der Waals surface area contributed by atoms with E-state index in [0.717, 1.165) is 0 Å². The number of alkyl halides is 3. The number of hydrogen-bond acceptors (Lipinski definition) is 6. The number of ether oxygens (including phenoxy) is 2. The Morgan fingerprint density at radius 1 is 0.941 bits per heavy atom. The summed E-state index contributed by atoms with van der Waals surface area (Å²) in [6.07, 6.45) is 0. The highest BCUT2D eigenvalue weighted by molar-refractivity contribution is 14.1. The summed E-state index contributed by atoms with van der Waals surface area (Å²) in [5, 5.41) is 0. The average molecular weight is 604 g/mol. The summed E-state index contributed by atoms with van der Waals surface area (Å²) in [4.78, 5) is 13.3. The lowest BCUT2D eigenvalue weighted by atomic mass is 9.92. The van der Waals surface area contributed by atoms with E-state index in [0.29, 0.717) is 22.3 Å². The highest BCUT2D eigenvalue weighted by Gasteiger charge is 2.52. The first-order chi connectivity index (χ1) is 15.9. The summed E-state index contributed by atoms with van der Waals surface area (Å²) >= 11 is 1.63. The first-order valence-electron chi connectivity index (χ1n) is 9.75. The third kappa shape index (κ3) is 4.00. The Kier molecular flexibility index (Phi) is 6.05. The number of halogens is 4. The van der Waals surface area contributed by atoms with Gasteiger partial charge in [0.15, 0.2) is 11.5 Å². The molecular weight excluding hydrogens is 588 g/mol. The number of aryl methyl sites for hydroxylation is 2. The van der Waals surface area contributed by atoms with Crippen LogP contribution in [0.15, 0.2) is 60.7 Å². The van der Waals surface area contributed by atoms with Crippen molar-refractivity contribution in [2.24, 2.45) is 0 Å². The van der Waals surface area contributed by atoms with Crippen LogP contribution >= 0.6 is 22.6 Å². The Hall–Kier alpha value is -2.80. The van der Waals surface area contributed by atoms with E-state index in [4.69, 9.17) is 9.47 Å². The molecule has 1 aliphatic heterocycles. The minimum absolute atomic E-state index is 0.00289. The summed E-state index contributed by atoms with van der Waals surface area (Å²) in [7, 11) is -6.05. The molecule has 3 aromatic carbocycles. The van der Waals surface area contributed by atoms with Gasteiger partial charge in [-0.2, -0.15) is 21.6 Å². The number of carbonyl (C=O) groups is 1. The highest BCUT2D eigenvalue weighted by atomic mass is 127. The summed E-state index contributed by atoms with van der Waals surface area (Å²) in [6, 6.07) is 16.5. The minimum atomic E-state index is -6.05. The molecule has 0 saturated carbocycles. The molecule has 0 radical (unpaired) electrons. The SMILES string of the molecule is Cc1ccccc1C1(c2ccccc2)OC(=O)c2c(C)cc(I)c(OS(=O)(=O)C(F)(F)F)c2O1. The second-order valence-corrected chi connectivity index (χ2v) is 10.2. The lowest BCUT2D eigenvalue weighted by molar-refractivity contribution is -0.132. The lowest BCUT2D eigenvalue weighted by Crippen LogP contribution is -2.44. The molecule has 0 fully saturated rings. The Labute approximate surface area is 206 Å². The normalized spacial score (nSPS) is 18.0. The van der Waals surface area contributed by atoms with Gasteiger partial charge in [0.05, 0.1) is 3.57 Å². The molecule has 6 nitrogen and oxygen atoms in total. The van der Waals surface area contributed by atoms with Crippen molar-refractivity contribution in [2.75, 3.05) is 0 Å². The maximum atomic E-state index is 13.3. The zero-order valence-electron chi connectivity index (χ0n) is 17.6. The van der Waals surface area contributed by atoms with E-state index in [1.165, 1.54) is 13.0 Å². The molecular formula is C23H16F3IO6S. The molecule has 0 bridgehead atoms. The van der Waals surface area contributed by atoms with Crippen LogP contribution in [0.4, 0.5) is 13.2 Å². The number of hydrogen-bond donors (Lipinski definition) is 0. The van der Waals surface area contributed by atoms with Crippen molar-refractivity contribution in [3.05, 3.63) is 92.1 Å². The number of fused-ring (bicyclic) bond motifs is 1.